The predicted molar refractivity (Wildman–Crippen MR) is 268 cm³/mol. The summed E-state index contributed by atoms with van der Waals surface area (Å²) in [7, 11) is 0. The average molecular weight is 803 g/mol. The van der Waals surface area contributed by atoms with Crippen LogP contribution in [0.3, 0.4) is 0 Å². The van der Waals surface area contributed by atoms with Gasteiger partial charge >= 0.3 is 0 Å². The average Bonchev–Trinajstić information content (AvgIpc) is 3.69. The summed E-state index contributed by atoms with van der Waals surface area (Å²) in [5.74, 6) is 0. The maximum Gasteiger partial charge on any atom is 0.136 e. The van der Waals surface area contributed by atoms with Gasteiger partial charge in [0, 0.05) is 44.3 Å². The monoisotopic (exact) mass is 802 g/mol. The summed E-state index contributed by atoms with van der Waals surface area (Å²) in [6.45, 7) is 0. The van der Waals surface area contributed by atoms with Crippen LogP contribution in [0.15, 0.2) is 235 Å². The molecule has 0 aliphatic rings. The minimum atomic E-state index is 0.884. The van der Waals surface area contributed by atoms with Gasteiger partial charge in [-0.15, -0.1) is 0 Å². The first kappa shape index (κ1) is 35.4. The second-order valence-electron chi connectivity index (χ2n) is 16.5. The van der Waals surface area contributed by atoms with E-state index in [9.17, 15) is 0 Å². The minimum absolute atomic E-state index is 0.884. The largest absolute Gasteiger partial charge is 0.456 e. The van der Waals surface area contributed by atoms with Crippen molar-refractivity contribution in [3.63, 3.8) is 0 Å². The Morgan fingerprint density at radius 3 is 1.30 bits per heavy atom. The molecule has 0 spiro atoms. The molecule has 1 aromatic heterocycles. The fourth-order valence-electron chi connectivity index (χ4n) is 9.96. The summed E-state index contributed by atoms with van der Waals surface area (Å²) < 4.78 is 6.65. The molecule has 0 aliphatic heterocycles. The first-order valence-corrected chi connectivity index (χ1v) is 21.6. The lowest BCUT2D eigenvalue weighted by molar-refractivity contribution is 0.670. The second kappa shape index (κ2) is 14.1. The van der Waals surface area contributed by atoms with Gasteiger partial charge in [0.05, 0.1) is 11.4 Å². The number of nitrogens with zero attached hydrogens (tertiary/aromatic N) is 2. The molecule has 63 heavy (non-hydrogen) atoms. The molecule has 0 atom stereocenters. The van der Waals surface area contributed by atoms with E-state index in [0.29, 0.717) is 0 Å². The van der Waals surface area contributed by atoms with Crippen LogP contribution in [0, 0.1) is 0 Å². The zero-order valence-corrected chi connectivity index (χ0v) is 34.2. The standard InChI is InChI=1S/C60H38N2O/c1-3-16-45(17-4-1)61(57-25-13-24-52-49-20-9-7-14-39(49)28-31-54(52)57)47-29-26-40-37-59-55(34-43(40)32-47)56-35-44-33-48(30-27-41(44)38-60(56)63-59)62(46-18-5-2-6-19-46)58-36-42-15-8-10-21-50(42)51-22-11-12-23-53(51)58/h1-38H. The Morgan fingerprint density at radius 1 is 0.222 bits per heavy atom. The summed E-state index contributed by atoms with van der Waals surface area (Å²) in [5, 5.41) is 16.7. The van der Waals surface area contributed by atoms with Crippen molar-refractivity contribution < 1.29 is 4.42 Å². The maximum absolute atomic E-state index is 6.65. The van der Waals surface area contributed by atoms with Crippen molar-refractivity contribution in [2.24, 2.45) is 0 Å². The van der Waals surface area contributed by atoms with Gasteiger partial charge in [0.15, 0.2) is 0 Å². The quantitative estimate of drug-likeness (QED) is 0.156. The van der Waals surface area contributed by atoms with E-state index in [2.05, 4.69) is 240 Å². The fraction of sp³-hybridized carbons (Fsp3) is 0. The SMILES string of the molecule is c1ccc(N(c2ccc3cc4oc5cc6ccc(N(c7ccccc7)c7cc8ccccc8c8ccccc78)cc6cc5c4cc3c2)c2cccc3c2ccc2ccccc23)cc1. The number of para-hydroxylation sites is 2. The third-order valence-electron chi connectivity index (χ3n) is 12.9. The van der Waals surface area contributed by atoms with Crippen molar-refractivity contribution in [2.45, 2.75) is 0 Å². The second-order valence-corrected chi connectivity index (χ2v) is 16.5. The van der Waals surface area contributed by atoms with Crippen LogP contribution < -0.4 is 9.80 Å². The zero-order valence-electron chi connectivity index (χ0n) is 34.2. The van der Waals surface area contributed by atoms with Crippen LogP contribution in [0.25, 0.3) is 86.6 Å². The molecule has 0 N–H and O–H groups in total. The Labute approximate surface area is 363 Å². The first-order valence-electron chi connectivity index (χ1n) is 21.6. The van der Waals surface area contributed by atoms with Crippen molar-refractivity contribution in [3.8, 4) is 0 Å². The fourth-order valence-corrected chi connectivity index (χ4v) is 9.96. The van der Waals surface area contributed by atoms with Crippen LogP contribution in [0.1, 0.15) is 0 Å². The molecule has 3 nitrogen and oxygen atoms in total. The molecule has 0 fully saturated rings. The molecule has 13 rings (SSSR count). The van der Waals surface area contributed by atoms with Crippen LogP contribution in [0.2, 0.25) is 0 Å². The van der Waals surface area contributed by atoms with Gasteiger partial charge in [0.1, 0.15) is 11.2 Å². The molecular weight excluding hydrogens is 765 g/mol. The molecule has 1 heterocycles. The lowest BCUT2D eigenvalue weighted by Gasteiger charge is -2.28. The van der Waals surface area contributed by atoms with Gasteiger partial charge in [0.2, 0.25) is 0 Å². The van der Waals surface area contributed by atoms with Gasteiger partial charge < -0.3 is 14.2 Å². The van der Waals surface area contributed by atoms with Crippen LogP contribution in [-0.4, -0.2) is 0 Å². The van der Waals surface area contributed by atoms with E-state index in [1.54, 1.807) is 0 Å². The highest BCUT2D eigenvalue weighted by Gasteiger charge is 2.20. The highest BCUT2D eigenvalue weighted by atomic mass is 16.3. The molecule has 0 saturated heterocycles. The topological polar surface area (TPSA) is 19.6 Å². The number of rotatable bonds is 6. The van der Waals surface area contributed by atoms with Crippen LogP contribution in [-0.2, 0) is 0 Å². The Hall–Kier alpha value is -8.40. The van der Waals surface area contributed by atoms with Crippen LogP contribution in [0.5, 0.6) is 0 Å². The van der Waals surface area contributed by atoms with E-state index in [1.807, 2.05) is 0 Å². The molecule has 294 valence electrons. The Bertz CT molecular complexity index is 3930. The molecule has 0 saturated carbocycles. The van der Waals surface area contributed by atoms with Crippen molar-refractivity contribution in [2.75, 3.05) is 9.80 Å². The minimum Gasteiger partial charge on any atom is -0.456 e. The van der Waals surface area contributed by atoms with Crippen LogP contribution >= 0.6 is 0 Å². The van der Waals surface area contributed by atoms with Gasteiger partial charge in [-0.1, -0.05) is 146 Å². The van der Waals surface area contributed by atoms with Gasteiger partial charge in [-0.2, -0.15) is 0 Å². The van der Waals surface area contributed by atoms with Crippen molar-refractivity contribution in [3.05, 3.63) is 231 Å². The third kappa shape index (κ3) is 5.75. The Morgan fingerprint density at radius 2 is 0.683 bits per heavy atom. The van der Waals surface area contributed by atoms with E-state index < -0.39 is 0 Å². The highest BCUT2D eigenvalue weighted by molar-refractivity contribution is 6.17. The molecule has 13 aromatic rings. The number of furan rings is 1. The lowest BCUT2D eigenvalue weighted by Crippen LogP contribution is -2.10. The summed E-state index contributed by atoms with van der Waals surface area (Å²) in [6.07, 6.45) is 0. The molecular formula is C60H38N2O. The molecule has 0 bridgehead atoms. The molecule has 0 radical (unpaired) electrons. The van der Waals surface area contributed by atoms with Crippen LogP contribution in [0.4, 0.5) is 34.1 Å². The van der Waals surface area contributed by atoms with Gasteiger partial charge in [-0.3, -0.25) is 0 Å². The van der Waals surface area contributed by atoms with Gasteiger partial charge in [-0.25, -0.2) is 0 Å². The van der Waals surface area contributed by atoms with Crippen molar-refractivity contribution in [1.29, 1.82) is 0 Å². The van der Waals surface area contributed by atoms with Gasteiger partial charge in [-0.05, 0) is 139 Å². The van der Waals surface area contributed by atoms with E-state index in [4.69, 9.17) is 4.42 Å². The Kier molecular flexibility index (Phi) is 7.91. The molecule has 0 unspecified atom stereocenters. The molecule has 12 aromatic carbocycles. The van der Waals surface area contributed by atoms with E-state index in [0.717, 1.165) is 77.6 Å². The smallest absolute Gasteiger partial charge is 0.136 e. The summed E-state index contributed by atoms with van der Waals surface area (Å²) in [4.78, 5) is 4.79. The number of anilines is 6. The molecule has 3 heteroatoms. The maximum atomic E-state index is 6.65. The molecule has 0 amide bonds. The molecule has 0 aliphatic carbocycles. The van der Waals surface area contributed by atoms with E-state index in [1.165, 1.54) is 43.1 Å². The first-order chi connectivity index (χ1) is 31.2. The zero-order chi connectivity index (χ0) is 41.4. The normalized spacial score (nSPS) is 11.8. The summed E-state index contributed by atoms with van der Waals surface area (Å²) in [5.41, 5.74) is 8.46. The van der Waals surface area contributed by atoms with Gasteiger partial charge in [0.25, 0.3) is 0 Å². The summed E-state index contributed by atoms with van der Waals surface area (Å²) in [6, 6.07) is 83.6. The predicted octanol–water partition coefficient (Wildman–Crippen LogP) is 17.4. The number of hydrogen-bond donors (Lipinski definition) is 0. The van der Waals surface area contributed by atoms with E-state index >= 15 is 0 Å². The number of fused-ring (bicyclic) bond motifs is 11. The highest BCUT2D eigenvalue weighted by Crippen LogP contribution is 2.45. The van der Waals surface area contributed by atoms with E-state index in [-0.39, 0.29) is 0 Å². The summed E-state index contributed by atoms with van der Waals surface area (Å²) >= 11 is 0. The lowest BCUT2D eigenvalue weighted by atomic mass is 9.98. The number of hydrogen-bond acceptors (Lipinski definition) is 3. The van der Waals surface area contributed by atoms with Crippen molar-refractivity contribution in [1.82, 2.24) is 0 Å². The van der Waals surface area contributed by atoms with Crippen molar-refractivity contribution >= 4 is 121 Å². The number of benzene rings is 12. The third-order valence-corrected chi connectivity index (χ3v) is 12.9. The Balaban J connectivity index is 0.973.